The Bertz CT molecular complexity index is 766. The predicted octanol–water partition coefficient (Wildman–Crippen LogP) is 1.42. The maximum atomic E-state index is 12.7. The number of hydrogen-bond acceptors (Lipinski definition) is 4. The summed E-state index contributed by atoms with van der Waals surface area (Å²) in [6.45, 7) is 0.114. The van der Waals surface area contributed by atoms with Crippen molar-refractivity contribution in [1.82, 2.24) is 0 Å². The molecule has 0 saturated heterocycles. The van der Waals surface area contributed by atoms with Gasteiger partial charge < -0.3 is 10.0 Å². The fraction of sp³-hybridized carbons (Fsp3) is 0.500. The Labute approximate surface area is 135 Å². The summed E-state index contributed by atoms with van der Waals surface area (Å²) in [5.74, 6) is -1.85. The number of amides is 1. The van der Waals surface area contributed by atoms with Gasteiger partial charge in [0, 0.05) is 24.9 Å². The number of fused-ring (bicyclic) bond motifs is 1. The summed E-state index contributed by atoms with van der Waals surface area (Å²) in [7, 11) is -3.14. The number of nitrogens with zero attached hydrogens (tertiary/aromatic N) is 1. The van der Waals surface area contributed by atoms with Crippen molar-refractivity contribution in [2.24, 2.45) is 5.41 Å². The highest BCUT2D eigenvalue weighted by Crippen LogP contribution is 2.50. The van der Waals surface area contributed by atoms with Gasteiger partial charge in [-0.25, -0.2) is 8.42 Å². The largest absolute Gasteiger partial charge is 0.481 e. The van der Waals surface area contributed by atoms with Gasteiger partial charge >= 0.3 is 5.97 Å². The molecular formula is C16H19NO5S. The molecule has 0 aromatic heterocycles. The van der Waals surface area contributed by atoms with Crippen molar-refractivity contribution in [1.29, 1.82) is 0 Å². The van der Waals surface area contributed by atoms with E-state index in [-0.39, 0.29) is 24.6 Å². The minimum absolute atomic E-state index is 0.0174. The lowest BCUT2D eigenvalue weighted by molar-refractivity contribution is -0.138. The second kappa shape index (κ2) is 5.33. The molecule has 1 aromatic rings. The van der Waals surface area contributed by atoms with Crippen molar-refractivity contribution in [3.8, 4) is 0 Å². The van der Waals surface area contributed by atoms with Crippen LogP contribution in [0, 0.1) is 5.41 Å². The highest BCUT2D eigenvalue weighted by Gasteiger charge is 2.48. The Hall–Kier alpha value is -1.89. The number of carboxylic acid groups (broad SMARTS) is 1. The molecule has 6 nitrogen and oxygen atoms in total. The van der Waals surface area contributed by atoms with Gasteiger partial charge in [0.2, 0.25) is 5.91 Å². The average molecular weight is 337 g/mol. The van der Waals surface area contributed by atoms with Gasteiger partial charge in [-0.05, 0) is 29.9 Å². The number of sulfone groups is 1. The van der Waals surface area contributed by atoms with E-state index < -0.39 is 27.1 Å². The number of rotatable bonds is 5. The third kappa shape index (κ3) is 3.24. The Kier molecular flexibility index (Phi) is 3.71. The van der Waals surface area contributed by atoms with Gasteiger partial charge in [-0.15, -0.1) is 0 Å². The highest BCUT2D eigenvalue weighted by atomic mass is 32.2. The van der Waals surface area contributed by atoms with E-state index in [1.54, 1.807) is 24.3 Å². The Morgan fingerprint density at radius 3 is 2.52 bits per heavy atom. The highest BCUT2D eigenvalue weighted by molar-refractivity contribution is 7.90. The van der Waals surface area contributed by atoms with E-state index in [0.29, 0.717) is 11.3 Å². The molecule has 7 heteroatoms. The lowest BCUT2D eigenvalue weighted by Crippen LogP contribution is -2.34. The summed E-state index contributed by atoms with van der Waals surface area (Å²) in [6, 6.07) is 7.00. The first-order valence-corrected chi connectivity index (χ1v) is 9.57. The Balaban J connectivity index is 1.80. The van der Waals surface area contributed by atoms with Crippen LogP contribution in [0.4, 0.5) is 5.69 Å². The van der Waals surface area contributed by atoms with E-state index in [0.717, 1.165) is 12.8 Å². The molecule has 1 N–H and O–H groups in total. The van der Waals surface area contributed by atoms with Crippen LogP contribution in [-0.4, -0.2) is 44.0 Å². The summed E-state index contributed by atoms with van der Waals surface area (Å²) in [4.78, 5) is 25.6. The molecule has 1 aromatic carbocycles. The number of aliphatic carboxylic acids is 1. The second-order valence-electron chi connectivity index (χ2n) is 6.70. The summed E-state index contributed by atoms with van der Waals surface area (Å²) < 4.78 is 23.1. The molecule has 1 fully saturated rings. The van der Waals surface area contributed by atoms with Crippen LogP contribution in [-0.2, 0) is 19.4 Å². The molecule has 1 atom stereocenters. The maximum Gasteiger partial charge on any atom is 0.312 e. The topological polar surface area (TPSA) is 91.8 Å². The first-order valence-electron chi connectivity index (χ1n) is 7.51. The quantitative estimate of drug-likeness (QED) is 0.877. The van der Waals surface area contributed by atoms with E-state index in [2.05, 4.69) is 0 Å². The minimum atomic E-state index is -3.14. The molecule has 3 rings (SSSR count). The van der Waals surface area contributed by atoms with Crippen LogP contribution >= 0.6 is 0 Å². The van der Waals surface area contributed by atoms with Crippen LogP contribution in [0.5, 0.6) is 0 Å². The monoisotopic (exact) mass is 337 g/mol. The number of carboxylic acids is 1. The second-order valence-corrected chi connectivity index (χ2v) is 8.84. The molecule has 0 bridgehead atoms. The van der Waals surface area contributed by atoms with Gasteiger partial charge in [0.15, 0.2) is 0 Å². The summed E-state index contributed by atoms with van der Waals surface area (Å²) >= 11 is 0. The van der Waals surface area contributed by atoms with E-state index in [1.165, 1.54) is 11.2 Å². The molecule has 1 saturated carbocycles. The van der Waals surface area contributed by atoms with Crippen molar-refractivity contribution in [2.45, 2.75) is 25.2 Å². The van der Waals surface area contributed by atoms with E-state index in [1.807, 2.05) is 0 Å². The van der Waals surface area contributed by atoms with Gasteiger partial charge in [0.25, 0.3) is 0 Å². The van der Waals surface area contributed by atoms with Crippen molar-refractivity contribution in [3.63, 3.8) is 0 Å². The number of carbonyl (C=O) groups excluding carboxylic acids is 1. The van der Waals surface area contributed by atoms with Gasteiger partial charge in [-0.3, -0.25) is 9.59 Å². The number of benzene rings is 1. The van der Waals surface area contributed by atoms with Gasteiger partial charge in [-0.2, -0.15) is 0 Å². The van der Waals surface area contributed by atoms with Gasteiger partial charge in [0.1, 0.15) is 15.8 Å². The molecule has 1 heterocycles. The molecule has 124 valence electrons. The lowest BCUT2D eigenvalue weighted by Gasteiger charge is -2.21. The predicted molar refractivity (Wildman–Crippen MR) is 85.2 cm³/mol. The average Bonchev–Trinajstić information content (AvgIpc) is 3.04. The summed E-state index contributed by atoms with van der Waals surface area (Å²) in [5, 5.41) is 9.34. The summed E-state index contributed by atoms with van der Waals surface area (Å²) in [6.07, 6.45) is 2.79. The number of para-hydroxylation sites is 1. The molecular weight excluding hydrogens is 318 g/mol. The van der Waals surface area contributed by atoms with Crippen LogP contribution < -0.4 is 4.90 Å². The molecule has 1 aliphatic heterocycles. The van der Waals surface area contributed by atoms with Crippen molar-refractivity contribution in [3.05, 3.63) is 29.8 Å². The van der Waals surface area contributed by atoms with E-state index in [4.69, 9.17) is 0 Å². The van der Waals surface area contributed by atoms with Crippen molar-refractivity contribution >= 4 is 27.4 Å². The lowest BCUT2D eigenvalue weighted by atomic mass is 10.0. The third-order valence-electron chi connectivity index (χ3n) is 4.62. The zero-order chi connectivity index (χ0) is 16.8. The van der Waals surface area contributed by atoms with Gasteiger partial charge in [-0.1, -0.05) is 18.2 Å². The fourth-order valence-electron chi connectivity index (χ4n) is 3.38. The standard InChI is InChI=1S/C16H19NO5S/c1-23(21,22)10-16(6-7-16)8-14(18)17-9-12(15(19)20)11-4-2-3-5-13(11)17/h2-5,12H,6-10H2,1H3,(H,19,20). The number of carbonyl (C=O) groups is 2. The van der Waals surface area contributed by atoms with Crippen LogP contribution in [0.25, 0.3) is 0 Å². The van der Waals surface area contributed by atoms with E-state index >= 15 is 0 Å². The molecule has 0 radical (unpaired) electrons. The first-order chi connectivity index (χ1) is 10.7. The molecule has 1 amide bonds. The zero-order valence-electron chi connectivity index (χ0n) is 12.9. The van der Waals surface area contributed by atoms with Gasteiger partial charge in [0.05, 0.1) is 5.75 Å². The molecule has 1 unspecified atom stereocenters. The smallest absolute Gasteiger partial charge is 0.312 e. The van der Waals surface area contributed by atoms with Crippen molar-refractivity contribution in [2.75, 3.05) is 23.5 Å². The molecule has 0 spiro atoms. The van der Waals surface area contributed by atoms with Crippen molar-refractivity contribution < 1.29 is 23.1 Å². The van der Waals surface area contributed by atoms with Crippen LogP contribution in [0.15, 0.2) is 24.3 Å². The fourth-order valence-corrected chi connectivity index (χ4v) is 4.88. The van der Waals surface area contributed by atoms with Crippen LogP contribution in [0.2, 0.25) is 0 Å². The third-order valence-corrected chi connectivity index (χ3v) is 5.76. The minimum Gasteiger partial charge on any atom is -0.481 e. The number of hydrogen-bond donors (Lipinski definition) is 1. The molecule has 1 aliphatic carbocycles. The Morgan fingerprint density at radius 1 is 1.30 bits per heavy atom. The Morgan fingerprint density at radius 2 is 1.96 bits per heavy atom. The van der Waals surface area contributed by atoms with E-state index in [9.17, 15) is 23.1 Å². The van der Waals surface area contributed by atoms with Crippen LogP contribution in [0.1, 0.15) is 30.7 Å². The first kappa shape index (κ1) is 16.0. The summed E-state index contributed by atoms with van der Waals surface area (Å²) in [5.41, 5.74) is 0.808. The number of anilines is 1. The molecule has 2 aliphatic rings. The normalized spacial score (nSPS) is 21.8. The molecule has 23 heavy (non-hydrogen) atoms. The maximum absolute atomic E-state index is 12.7. The SMILES string of the molecule is CS(=O)(=O)CC1(CC(=O)N2CC(C(=O)O)c3ccccc32)CC1. The van der Waals surface area contributed by atoms with Crippen LogP contribution in [0.3, 0.4) is 0 Å². The zero-order valence-corrected chi connectivity index (χ0v) is 13.7.